The molecule has 0 unspecified atom stereocenters. The molecule has 0 spiro atoms. The fourth-order valence-corrected chi connectivity index (χ4v) is 25.4. The molecule has 0 saturated carbocycles. The van der Waals surface area contributed by atoms with E-state index in [-0.39, 0.29) is 5.41 Å². The van der Waals surface area contributed by atoms with E-state index in [0.717, 1.165) is 67.4 Å². The maximum atomic E-state index is 6.34. The number of fused-ring (bicyclic) bond motifs is 24. The third kappa shape index (κ3) is 14.9. The Morgan fingerprint density at radius 1 is 0.162 bits per heavy atom. The molecular formula is C135H89N3OS3. The van der Waals surface area contributed by atoms with E-state index in [1.165, 1.54) is 198 Å². The number of anilines is 9. The number of thiophene rings is 3. The molecular weight excluding hydrogens is 1780 g/mol. The Bertz CT molecular complexity index is 9730. The van der Waals surface area contributed by atoms with Crippen molar-refractivity contribution in [3.05, 3.63) is 515 Å². The first-order chi connectivity index (χ1) is 70.1. The van der Waals surface area contributed by atoms with E-state index < -0.39 is 0 Å². The van der Waals surface area contributed by atoms with Gasteiger partial charge in [-0.25, -0.2) is 0 Å². The molecule has 24 aromatic carbocycles. The summed E-state index contributed by atoms with van der Waals surface area (Å²) >= 11 is 5.63. The van der Waals surface area contributed by atoms with Crippen molar-refractivity contribution < 1.29 is 4.42 Å². The van der Waals surface area contributed by atoms with E-state index in [2.05, 4.69) is 520 Å². The minimum Gasteiger partial charge on any atom is -0.456 e. The number of benzene rings is 24. The highest BCUT2D eigenvalue weighted by Crippen LogP contribution is 2.53. The maximum absolute atomic E-state index is 6.34. The van der Waals surface area contributed by atoms with Crippen molar-refractivity contribution >= 4 is 232 Å². The standard InChI is InChI=1S/C47H33NS.C44H27NOS.C44H29NS/c1-47(2)43-14-8-6-12-38(43)39-25-23-36(28-44(39)47)48(34-20-18-31(19-21-34)30-10-4-3-5-11-30)35-22-24-37-32(26-35)16-17-33-27-42-40-13-7-9-15-45(40)49-46(42)29-41(33)37;1-2-8-28(9-3-1)29-16-18-32(19-17-29)45(34-21-23-37-36-10-4-6-12-41(36)46-42(37)26-34)33-20-22-35-30(24-33)14-15-31-25-40-38-11-5-7-13-43(38)47-44(40)27-39(31)35;1-3-9-30(10-4-1)32-17-21-36(22-18-32)45(37-23-19-33(20-24-37)31-11-5-2-6-12-31)38-25-26-39-34(27-38)15-16-35-28-42-40-13-7-8-14-43(40)46-44(42)29-41(35)39/h3-29H,1-2H3;1-27H;1-29H. The molecule has 0 atom stereocenters. The van der Waals surface area contributed by atoms with Gasteiger partial charge >= 0.3 is 0 Å². The second-order valence-electron chi connectivity index (χ2n) is 37.8. The van der Waals surface area contributed by atoms with Crippen molar-refractivity contribution in [2.24, 2.45) is 0 Å². The van der Waals surface area contributed by atoms with Crippen LogP contribution in [0.25, 0.3) is 203 Å². The molecule has 4 heterocycles. The smallest absolute Gasteiger partial charge is 0.137 e. The third-order valence-electron chi connectivity index (χ3n) is 29.1. The molecule has 7 heteroatoms. The first kappa shape index (κ1) is 84.0. The van der Waals surface area contributed by atoms with Gasteiger partial charge in [-0.15, -0.1) is 34.0 Å². The van der Waals surface area contributed by atoms with Gasteiger partial charge in [0, 0.05) is 134 Å². The van der Waals surface area contributed by atoms with Gasteiger partial charge in [-0.1, -0.05) is 341 Å². The lowest BCUT2D eigenvalue weighted by molar-refractivity contribution is 0.660. The Hall–Kier alpha value is -17.3. The summed E-state index contributed by atoms with van der Waals surface area (Å²) in [5.74, 6) is 0. The van der Waals surface area contributed by atoms with Crippen LogP contribution in [0.2, 0.25) is 0 Å². The summed E-state index contributed by atoms with van der Waals surface area (Å²) in [6.07, 6.45) is 0. The summed E-state index contributed by atoms with van der Waals surface area (Å²) in [7, 11) is 0. The summed E-state index contributed by atoms with van der Waals surface area (Å²) < 4.78 is 14.4. The normalized spacial score (nSPS) is 12.2. The molecule has 0 bridgehead atoms. The van der Waals surface area contributed by atoms with Crippen molar-refractivity contribution in [1.82, 2.24) is 0 Å². The van der Waals surface area contributed by atoms with Crippen LogP contribution in [-0.2, 0) is 5.41 Å². The largest absolute Gasteiger partial charge is 0.456 e. The van der Waals surface area contributed by atoms with Crippen molar-refractivity contribution in [3.63, 3.8) is 0 Å². The van der Waals surface area contributed by atoms with E-state index in [9.17, 15) is 0 Å². The highest BCUT2D eigenvalue weighted by molar-refractivity contribution is 7.26. The molecule has 0 N–H and O–H groups in total. The minimum atomic E-state index is -0.0784. The monoisotopic (exact) mass is 1860 g/mol. The number of para-hydroxylation sites is 1. The van der Waals surface area contributed by atoms with Crippen LogP contribution in [0.1, 0.15) is 25.0 Å². The Balaban J connectivity index is 0.000000107. The van der Waals surface area contributed by atoms with Crippen molar-refractivity contribution in [2.75, 3.05) is 14.7 Å². The van der Waals surface area contributed by atoms with Gasteiger partial charge in [0.05, 0.1) is 0 Å². The lowest BCUT2D eigenvalue weighted by Crippen LogP contribution is -2.16. The third-order valence-corrected chi connectivity index (χ3v) is 32.5. The summed E-state index contributed by atoms with van der Waals surface area (Å²) in [6.45, 7) is 4.71. The number of hydrogen-bond donors (Lipinski definition) is 0. The second kappa shape index (κ2) is 34.7. The summed E-state index contributed by atoms with van der Waals surface area (Å²) in [6, 6.07) is 184. The highest BCUT2D eigenvalue weighted by Gasteiger charge is 2.36. The van der Waals surface area contributed by atoms with E-state index in [1.54, 1.807) is 0 Å². The van der Waals surface area contributed by atoms with Gasteiger partial charge in [-0.05, 0) is 301 Å². The fourth-order valence-electron chi connectivity index (χ4n) is 22.0. The SMILES string of the molecule is CC1(C)c2ccccc2-c2ccc(N(c3ccc(-c4ccccc4)cc3)c3ccc4c(ccc5cc6c(cc54)sc4ccccc46)c3)cc21.c1ccc(-c2ccc(N(c3ccc(-c4ccccc4)cc3)c3ccc4c(ccc5cc6c(cc54)sc4ccccc46)c3)cc2)cc1.c1ccc(-c2ccc(N(c3ccc4c(ccc5cc6c(cc54)sc4ccccc46)c3)c3ccc4c(c3)oc3ccccc34)cc2)cc1. The van der Waals surface area contributed by atoms with Crippen molar-refractivity contribution in [3.8, 4) is 55.6 Å². The predicted octanol–water partition coefficient (Wildman–Crippen LogP) is 40.4. The Morgan fingerprint density at radius 2 is 0.430 bits per heavy atom. The summed E-state index contributed by atoms with van der Waals surface area (Å²) in [4.78, 5) is 7.12. The average Bonchev–Trinajstić information content (AvgIpc) is 1.55. The van der Waals surface area contributed by atoms with Crippen LogP contribution in [-0.4, -0.2) is 0 Å². The molecule has 28 aromatic rings. The predicted molar refractivity (Wildman–Crippen MR) is 614 cm³/mol. The molecule has 0 fully saturated rings. The van der Waals surface area contributed by atoms with Gasteiger partial charge in [0.2, 0.25) is 0 Å². The number of hydrogen-bond acceptors (Lipinski definition) is 7. The fraction of sp³-hybridized carbons (Fsp3) is 0.0222. The van der Waals surface area contributed by atoms with E-state index in [4.69, 9.17) is 4.42 Å². The van der Waals surface area contributed by atoms with Crippen LogP contribution >= 0.6 is 34.0 Å². The molecule has 0 saturated heterocycles. The van der Waals surface area contributed by atoms with Gasteiger partial charge in [0.1, 0.15) is 11.2 Å². The number of nitrogens with zero attached hydrogens (tertiary/aromatic N) is 3. The van der Waals surface area contributed by atoms with Crippen LogP contribution in [0.15, 0.2) is 508 Å². The Labute approximate surface area is 834 Å². The Kier molecular flexibility index (Phi) is 20.5. The minimum absolute atomic E-state index is 0.0784. The lowest BCUT2D eigenvalue weighted by Gasteiger charge is -2.28. The van der Waals surface area contributed by atoms with Crippen LogP contribution < -0.4 is 14.7 Å². The van der Waals surface area contributed by atoms with Crippen LogP contribution in [0.4, 0.5) is 51.2 Å². The summed E-state index contributed by atoms with van der Waals surface area (Å²) in [5.41, 5.74) is 26.9. The number of rotatable bonds is 13. The van der Waals surface area contributed by atoms with Gasteiger partial charge < -0.3 is 19.1 Å². The van der Waals surface area contributed by atoms with Crippen LogP contribution in [0, 0.1) is 0 Å². The summed E-state index contributed by atoms with van der Waals surface area (Å²) in [5, 5.41) is 25.5. The van der Waals surface area contributed by atoms with E-state index >= 15 is 0 Å². The molecule has 1 aliphatic carbocycles. The van der Waals surface area contributed by atoms with Crippen molar-refractivity contribution in [1.29, 1.82) is 0 Å². The van der Waals surface area contributed by atoms with Crippen LogP contribution in [0.5, 0.6) is 0 Å². The van der Waals surface area contributed by atoms with E-state index in [0.29, 0.717) is 0 Å². The molecule has 0 amide bonds. The zero-order valence-electron chi connectivity index (χ0n) is 77.9. The molecule has 668 valence electrons. The molecule has 4 aromatic heterocycles. The van der Waals surface area contributed by atoms with Gasteiger partial charge in [-0.3, -0.25) is 0 Å². The molecule has 0 aliphatic heterocycles. The maximum Gasteiger partial charge on any atom is 0.137 e. The molecule has 4 nitrogen and oxygen atoms in total. The Morgan fingerprint density at radius 3 is 0.810 bits per heavy atom. The van der Waals surface area contributed by atoms with Gasteiger partial charge in [0.15, 0.2) is 0 Å². The topological polar surface area (TPSA) is 22.9 Å². The average molecular weight is 1870 g/mol. The molecule has 1 aliphatic rings. The quantitative estimate of drug-likeness (QED) is 0.107. The lowest BCUT2D eigenvalue weighted by atomic mass is 9.82. The molecule has 0 radical (unpaired) electrons. The van der Waals surface area contributed by atoms with Gasteiger partial charge in [-0.2, -0.15) is 0 Å². The first-order valence-corrected chi connectivity index (χ1v) is 51.0. The number of furan rings is 1. The van der Waals surface area contributed by atoms with Crippen LogP contribution in [0.3, 0.4) is 0 Å². The zero-order valence-corrected chi connectivity index (χ0v) is 80.3. The van der Waals surface area contributed by atoms with E-state index in [1.807, 2.05) is 46.1 Å². The highest BCUT2D eigenvalue weighted by atomic mass is 32.1. The first-order valence-electron chi connectivity index (χ1n) is 48.6. The zero-order chi connectivity index (χ0) is 94.0. The van der Waals surface area contributed by atoms with Crippen molar-refractivity contribution in [2.45, 2.75) is 19.3 Å². The second-order valence-corrected chi connectivity index (χ2v) is 41.0. The molecule has 142 heavy (non-hydrogen) atoms. The molecule has 29 rings (SSSR count). The van der Waals surface area contributed by atoms with Gasteiger partial charge in [0.25, 0.3) is 0 Å².